The van der Waals surface area contributed by atoms with E-state index in [1.54, 1.807) is 0 Å². The van der Waals surface area contributed by atoms with E-state index in [2.05, 4.69) is 126 Å². The first kappa shape index (κ1) is 34.4. The molecule has 5 nitrogen and oxygen atoms in total. The minimum absolute atomic E-state index is 0. The SMILES string of the molecule is CCC(C)(C)c1ccc2c(c1)c1ccc(Oc3[c-]c(-n4nc(C)c(-c5ccccc5)c4C)ccc3)[c-]c1n2-c1cc(CC(C)C)ccn1.[Pt+2]. The van der Waals surface area contributed by atoms with E-state index >= 15 is 0 Å². The van der Waals surface area contributed by atoms with Gasteiger partial charge in [-0.2, -0.15) is 17.2 Å². The Balaban J connectivity index is 0.00000417. The molecule has 0 fully saturated rings. The molecule has 3 aromatic heterocycles. The Labute approximate surface area is 304 Å². The molecule has 0 unspecified atom stereocenters. The molecular weight excluding hydrogens is 784 g/mol. The van der Waals surface area contributed by atoms with Gasteiger partial charge < -0.3 is 9.30 Å². The molecular formula is C43H42N4OPt. The molecule has 0 spiro atoms. The van der Waals surface area contributed by atoms with Gasteiger partial charge in [-0.1, -0.05) is 82.6 Å². The van der Waals surface area contributed by atoms with E-state index in [1.165, 1.54) is 16.5 Å². The van der Waals surface area contributed by atoms with Crippen LogP contribution in [0, 0.1) is 31.9 Å². The maximum absolute atomic E-state index is 6.48. The molecule has 0 saturated carbocycles. The molecule has 0 bridgehead atoms. The smallest absolute Gasteiger partial charge is 0.509 e. The number of hydrogen-bond donors (Lipinski definition) is 0. The fraction of sp³-hybridized carbons (Fsp3) is 0.256. The van der Waals surface area contributed by atoms with Crippen molar-refractivity contribution in [1.29, 1.82) is 0 Å². The van der Waals surface area contributed by atoms with Gasteiger partial charge in [-0.3, -0.25) is 4.68 Å². The molecule has 250 valence electrons. The van der Waals surface area contributed by atoms with E-state index < -0.39 is 0 Å². The van der Waals surface area contributed by atoms with Crippen LogP contribution < -0.4 is 4.74 Å². The summed E-state index contributed by atoms with van der Waals surface area (Å²) in [6.45, 7) is 15.5. The molecule has 0 aliphatic heterocycles. The fourth-order valence-electron chi connectivity index (χ4n) is 6.67. The Bertz CT molecular complexity index is 2260. The molecule has 0 amide bonds. The molecule has 7 rings (SSSR count). The maximum atomic E-state index is 6.48. The van der Waals surface area contributed by atoms with Gasteiger partial charge in [-0.15, -0.1) is 35.7 Å². The average molecular weight is 826 g/mol. The molecule has 6 heteroatoms. The Morgan fingerprint density at radius 2 is 1.61 bits per heavy atom. The number of ether oxygens (including phenoxy) is 1. The van der Waals surface area contributed by atoms with E-state index in [0.29, 0.717) is 17.4 Å². The molecule has 0 aliphatic rings. The van der Waals surface area contributed by atoms with Gasteiger partial charge in [0, 0.05) is 34.5 Å². The van der Waals surface area contributed by atoms with E-state index in [-0.39, 0.29) is 26.5 Å². The summed E-state index contributed by atoms with van der Waals surface area (Å²) in [5, 5.41) is 7.19. The van der Waals surface area contributed by atoms with E-state index in [4.69, 9.17) is 14.8 Å². The second kappa shape index (κ2) is 13.8. The topological polar surface area (TPSA) is 44.9 Å². The third-order valence-electron chi connectivity index (χ3n) is 9.55. The number of pyridine rings is 1. The van der Waals surface area contributed by atoms with Crippen LogP contribution in [0.4, 0.5) is 0 Å². The van der Waals surface area contributed by atoms with Gasteiger partial charge in [0.15, 0.2) is 0 Å². The molecule has 0 saturated heterocycles. The van der Waals surface area contributed by atoms with Gasteiger partial charge in [0.1, 0.15) is 5.82 Å². The van der Waals surface area contributed by atoms with E-state index in [0.717, 1.165) is 63.3 Å². The largest absolute Gasteiger partial charge is 2.00 e. The number of rotatable bonds is 9. The molecule has 0 N–H and O–H groups in total. The Kier molecular flexibility index (Phi) is 9.69. The number of aromatic nitrogens is 4. The quantitative estimate of drug-likeness (QED) is 0.136. The monoisotopic (exact) mass is 825 g/mol. The fourth-order valence-corrected chi connectivity index (χ4v) is 6.67. The first-order valence-electron chi connectivity index (χ1n) is 16.9. The van der Waals surface area contributed by atoms with Crippen LogP contribution in [0.15, 0.2) is 97.2 Å². The summed E-state index contributed by atoms with van der Waals surface area (Å²) >= 11 is 0. The van der Waals surface area contributed by atoms with Crippen LogP contribution in [0.1, 0.15) is 63.6 Å². The van der Waals surface area contributed by atoms with Gasteiger partial charge in [0.25, 0.3) is 0 Å². The van der Waals surface area contributed by atoms with Gasteiger partial charge in [0.05, 0.1) is 5.69 Å². The van der Waals surface area contributed by atoms with Crippen molar-refractivity contribution in [3.8, 4) is 34.1 Å². The van der Waals surface area contributed by atoms with E-state index in [1.807, 2.05) is 41.2 Å². The van der Waals surface area contributed by atoms with E-state index in [9.17, 15) is 0 Å². The first-order chi connectivity index (χ1) is 23.1. The van der Waals surface area contributed by atoms with Gasteiger partial charge in [-0.25, -0.2) is 4.98 Å². The third-order valence-corrected chi connectivity index (χ3v) is 9.55. The Hall–Kier alpha value is -4.47. The van der Waals surface area contributed by atoms with Crippen molar-refractivity contribution in [2.75, 3.05) is 0 Å². The van der Waals surface area contributed by atoms with Crippen molar-refractivity contribution < 1.29 is 25.8 Å². The number of fused-ring (bicyclic) bond motifs is 3. The van der Waals surface area contributed by atoms with Crippen LogP contribution in [0.5, 0.6) is 11.5 Å². The summed E-state index contributed by atoms with van der Waals surface area (Å²) in [5.74, 6) is 2.65. The zero-order chi connectivity index (χ0) is 33.6. The number of aryl methyl sites for hydroxylation is 1. The first-order valence-corrected chi connectivity index (χ1v) is 16.9. The summed E-state index contributed by atoms with van der Waals surface area (Å²) in [5.41, 5.74) is 9.85. The van der Waals surface area contributed by atoms with Crippen molar-refractivity contribution in [3.63, 3.8) is 0 Å². The predicted octanol–water partition coefficient (Wildman–Crippen LogP) is 10.9. The van der Waals surface area contributed by atoms with Crippen molar-refractivity contribution in [2.45, 2.75) is 66.7 Å². The zero-order valence-corrected chi connectivity index (χ0v) is 31.5. The van der Waals surface area contributed by atoms with Gasteiger partial charge in [-0.05, 0) is 84.0 Å². The minimum atomic E-state index is 0. The van der Waals surface area contributed by atoms with Crippen LogP contribution in [0.25, 0.3) is 44.4 Å². The van der Waals surface area contributed by atoms with Crippen LogP contribution in [-0.4, -0.2) is 19.3 Å². The normalized spacial score (nSPS) is 11.8. The molecule has 0 radical (unpaired) electrons. The van der Waals surface area contributed by atoms with Crippen molar-refractivity contribution in [3.05, 3.63) is 132 Å². The summed E-state index contributed by atoms with van der Waals surface area (Å²) in [6, 6.07) is 38.7. The average Bonchev–Trinajstić information content (AvgIpc) is 3.57. The summed E-state index contributed by atoms with van der Waals surface area (Å²) in [7, 11) is 0. The molecule has 3 heterocycles. The van der Waals surface area contributed by atoms with Crippen LogP contribution in [-0.2, 0) is 32.9 Å². The van der Waals surface area contributed by atoms with Crippen molar-refractivity contribution >= 4 is 21.8 Å². The Morgan fingerprint density at radius 3 is 2.37 bits per heavy atom. The summed E-state index contributed by atoms with van der Waals surface area (Å²) in [4.78, 5) is 4.86. The number of benzene rings is 4. The Morgan fingerprint density at radius 1 is 0.837 bits per heavy atom. The van der Waals surface area contributed by atoms with Crippen molar-refractivity contribution in [2.24, 2.45) is 5.92 Å². The predicted molar refractivity (Wildman–Crippen MR) is 197 cm³/mol. The standard InChI is InChI=1S/C43H42N4O.Pt/c1-8-43(6,7)33-17-20-39-38(25-33)37-19-18-36(27-40(37)46(39)41-24-31(21-22-44-41)23-28(2)3)48-35-16-12-15-34(26-35)47-30(5)42(29(4)45-47)32-13-10-9-11-14-32;/h9-22,24-25,28H,8,23H2,1-7H3;/q-2;+2. The molecule has 4 aromatic carbocycles. The zero-order valence-electron chi connectivity index (χ0n) is 29.2. The maximum Gasteiger partial charge on any atom is 2.00 e. The second-order valence-electron chi connectivity index (χ2n) is 13.8. The number of hydrogen-bond acceptors (Lipinski definition) is 3. The van der Waals surface area contributed by atoms with Crippen LogP contribution >= 0.6 is 0 Å². The van der Waals surface area contributed by atoms with Gasteiger partial charge >= 0.3 is 21.1 Å². The summed E-state index contributed by atoms with van der Waals surface area (Å²) < 4.78 is 10.7. The van der Waals surface area contributed by atoms with Crippen LogP contribution in [0.2, 0.25) is 0 Å². The third kappa shape index (κ3) is 6.62. The molecule has 0 aliphatic carbocycles. The molecule has 49 heavy (non-hydrogen) atoms. The van der Waals surface area contributed by atoms with Crippen LogP contribution in [0.3, 0.4) is 0 Å². The summed E-state index contributed by atoms with van der Waals surface area (Å²) in [6.07, 6.45) is 3.97. The molecule has 7 aromatic rings. The number of nitrogens with zero attached hydrogens (tertiary/aromatic N) is 4. The second-order valence-corrected chi connectivity index (χ2v) is 13.8. The van der Waals surface area contributed by atoms with Gasteiger partial charge in [0.2, 0.25) is 0 Å². The minimum Gasteiger partial charge on any atom is -0.509 e. The molecule has 0 atom stereocenters. The van der Waals surface area contributed by atoms with Crippen molar-refractivity contribution in [1.82, 2.24) is 19.3 Å².